The first-order valence-electron chi connectivity index (χ1n) is 5.87. The van der Waals surface area contributed by atoms with E-state index in [1.54, 1.807) is 6.20 Å². The third-order valence-electron chi connectivity index (χ3n) is 2.62. The van der Waals surface area contributed by atoms with Gasteiger partial charge in [-0.2, -0.15) is 23.4 Å². The zero-order chi connectivity index (χ0) is 14.8. The SMILES string of the molecule is Cn1cc(CNc2cnn(CCO)c2)c(C(F)(F)F)n1. The standard InChI is InChI=1S/C11H14F3N5O/c1-18-6-8(10(17-18)11(12,13)14)4-15-9-5-16-19(7-9)2-3-20/h5-7,15,20H,2-4H2,1H3. The zero-order valence-electron chi connectivity index (χ0n) is 10.7. The number of hydrogen-bond donors (Lipinski definition) is 2. The molecule has 2 N–H and O–H groups in total. The predicted molar refractivity (Wildman–Crippen MR) is 64.8 cm³/mol. The van der Waals surface area contributed by atoms with Crippen LogP contribution in [0.25, 0.3) is 0 Å². The fourth-order valence-corrected chi connectivity index (χ4v) is 1.78. The van der Waals surface area contributed by atoms with E-state index in [9.17, 15) is 13.2 Å². The van der Waals surface area contributed by atoms with Gasteiger partial charge in [0.2, 0.25) is 0 Å². The molecule has 0 bridgehead atoms. The third kappa shape index (κ3) is 3.29. The first-order chi connectivity index (χ1) is 9.40. The van der Waals surface area contributed by atoms with Gasteiger partial charge in [0.05, 0.1) is 25.0 Å². The number of halogens is 3. The minimum atomic E-state index is -4.47. The van der Waals surface area contributed by atoms with Crippen molar-refractivity contribution in [2.45, 2.75) is 19.3 Å². The molecule has 9 heteroatoms. The molecule has 2 heterocycles. The van der Waals surface area contributed by atoms with Crippen molar-refractivity contribution in [3.05, 3.63) is 29.8 Å². The highest BCUT2D eigenvalue weighted by atomic mass is 19.4. The minimum absolute atomic E-state index is 0.00645. The van der Waals surface area contributed by atoms with Crippen LogP contribution in [-0.4, -0.2) is 31.3 Å². The van der Waals surface area contributed by atoms with Crippen molar-refractivity contribution in [3.63, 3.8) is 0 Å². The van der Waals surface area contributed by atoms with Crippen molar-refractivity contribution in [1.29, 1.82) is 0 Å². The molecule has 0 spiro atoms. The molecule has 0 atom stereocenters. The number of aliphatic hydroxyl groups is 1. The van der Waals surface area contributed by atoms with Gasteiger partial charge in [0.15, 0.2) is 5.69 Å². The lowest BCUT2D eigenvalue weighted by atomic mass is 10.2. The maximum absolute atomic E-state index is 12.7. The van der Waals surface area contributed by atoms with Crippen molar-refractivity contribution in [2.24, 2.45) is 7.05 Å². The Balaban J connectivity index is 2.06. The quantitative estimate of drug-likeness (QED) is 0.869. The lowest BCUT2D eigenvalue weighted by Crippen LogP contribution is -2.11. The number of aliphatic hydroxyl groups excluding tert-OH is 1. The van der Waals surface area contributed by atoms with E-state index in [0.717, 1.165) is 4.68 Å². The Hall–Kier alpha value is -2.03. The fraction of sp³-hybridized carbons (Fsp3) is 0.455. The molecular formula is C11H14F3N5O. The summed E-state index contributed by atoms with van der Waals surface area (Å²) in [6, 6.07) is 0. The van der Waals surface area contributed by atoms with Gasteiger partial charge in [-0.1, -0.05) is 0 Å². The summed E-state index contributed by atoms with van der Waals surface area (Å²) in [6.45, 7) is 0.276. The van der Waals surface area contributed by atoms with E-state index in [-0.39, 0.29) is 18.7 Å². The van der Waals surface area contributed by atoms with Crippen molar-refractivity contribution in [2.75, 3.05) is 11.9 Å². The maximum atomic E-state index is 12.7. The average Bonchev–Trinajstić information content (AvgIpc) is 2.93. The highest BCUT2D eigenvalue weighted by Crippen LogP contribution is 2.30. The molecule has 2 aromatic rings. The number of nitrogens with one attached hydrogen (secondary N) is 1. The van der Waals surface area contributed by atoms with Crippen molar-refractivity contribution in [3.8, 4) is 0 Å². The van der Waals surface area contributed by atoms with Crippen LogP contribution in [-0.2, 0) is 26.3 Å². The van der Waals surface area contributed by atoms with Crippen LogP contribution in [0, 0.1) is 0 Å². The van der Waals surface area contributed by atoms with Crippen molar-refractivity contribution >= 4 is 5.69 Å². The molecule has 6 nitrogen and oxygen atoms in total. The predicted octanol–water partition coefficient (Wildman–Crippen LogP) is 1.24. The second-order valence-electron chi connectivity index (χ2n) is 4.24. The van der Waals surface area contributed by atoms with Gasteiger partial charge in [-0.05, 0) is 0 Å². The van der Waals surface area contributed by atoms with Crippen LogP contribution in [0.1, 0.15) is 11.3 Å². The Morgan fingerprint density at radius 2 is 2.10 bits per heavy atom. The van der Waals surface area contributed by atoms with Crippen LogP contribution >= 0.6 is 0 Å². The van der Waals surface area contributed by atoms with E-state index in [0.29, 0.717) is 12.2 Å². The van der Waals surface area contributed by atoms with Gasteiger partial charge in [-0.3, -0.25) is 9.36 Å². The van der Waals surface area contributed by atoms with Crippen LogP contribution in [0.2, 0.25) is 0 Å². The van der Waals surface area contributed by atoms with E-state index < -0.39 is 11.9 Å². The van der Waals surface area contributed by atoms with E-state index in [1.165, 1.54) is 24.1 Å². The van der Waals surface area contributed by atoms with Gasteiger partial charge >= 0.3 is 6.18 Å². The van der Waals surface area contributed by atoms with Gasteiger partial charge < -0.3 is 10.4 Å². The van der Waals surface area contributed by atoms with Crippen molar-refractivity contribution < 1.29 is 18.3 Å². The molecule has 0 aliphatic carbocycles. The Labute approximate surface area is 112 Å². The lowest BCUT2D eigenvalue weighted by molar-refractivity contribution is -0.142. The monoisotopic (exact) mass is 289 g/mol. The molecule has 0 saturated heterocycles. The van der Waals surface area contributed by atoms with Gasteiger partial charge in [0.1, 0.15) is 0 Å². The molecule has 110 valence electrons. The molecule has 0 amide bonds. The molecule has 0 unspecified atom stereocenters. The van der Waals surface area contributed by atoms with E-state index in [1.807, 2.05) is 0 Å². The number of nitrogens with zero attached hydrogens (tertiary/aromatic N) is 4. The van der Waals surface area contributed by atoms with Crippen LogP contribution in [0.4, 0.5) is 18.9 Å². The summed E-state index contributed by atoms with van der Waals surface area (Å²) in [5, 5.41) is 19.0. The molecule has 0 saturated carbocycles. The van der Waals surface area contributed by atoms with Gasteiger partial charge in [-0.15, -0.1) is 0 Å². The maximum Gasteiger partial charge on any atom is 0.435 e. The average molecular weight is 289 g/mol. The van der Waals surface area contributed by atoms with Crippen LogP contribution in [0.5, 0.6) is 0 Å². The lowest BCUT2D eigenvalue weighted by Gasteiger charge is -2.06. The van der Waals surface area contributed by atoms with Crippen LogP contribution in [0.3, 0.4) is 0 Å². The third-order valence-corrected chi connectivity index (χ3v) is 2.62. The van der Waals surface area contributed by atoms with Gasteiger partial charge in [0, 0.05) is 31.5 Å². The summed E-state index contributed by atoms with van der Waals surface area (Å²) in [4.78, 5) is 0. The summed E-state index contributed by atoms with van der Waals surface area (Å²) in [7, 11) is 1.44. The molecule has 2 aromatic heterocycles. The normalized spacial score (nSPS) is 11.8. The second-order valence-corrected chi connectivity index (χ2v) is 4.24. The van der Waals surface area contributed by atoms with E-state index >= 15 is 0 Å². The summed E-state index contributed by atoms with van der Waals surface area (Å²) in [5.41, 5.74) is -0.249. The highest BCUT2D eigenvalue weighted by molar-refractivity contribution is 5.39. The first kappa shape index (κ1) is 14.4. The Morgan fingerprint density at radius 1 is 1.35 bits per heavy atom. The molecule has 0 radical (unpaired) electrons. The minimum Gasteiger partial charge on any atom is -0.394 e. The number of hydrogen-bond acceptors (Lipinski definition) is 4. The first-order valence-corrected chi connectivity index (χ1v) is 5.87. The number of aromatic nitrogens is 4. The van der Waals surface area contributed by atoms with Crippen molar-refractivity contribution in [1.82, 2.24) is 19.6 Å². The second kappa shape index (κ2) is 5.53. The fourth-order valence-electron chi connectivity index (χ4n) is 1.78. The van der Waals surface area contributed by atoms with E-state index in [2.05, 4.69) is 15.5 Å². The molecule has 20 heavy (non-hydrogen) atoms. The zero-order valence-corrected chi connectivity index (χ0v) is 10.7. The molecule has 0 aliphatic rings. The Bertz CT molecular complexity index is 575. The van der Waals surface area contributed by atoms with Crippen LogP contribution < -0.4 is 5.32 Å². The number of aryl methyl sites for hydroxylation is 1. The Morgan fingerprint density at radius 3 is 2.75 bits per heavy atom. The van der Waals surface area contributed by atoms with Gasteiger partial charge in [-0.25, -0.2) is 0 Å². The van der Waals surface area contributed by atoms with Crippen LogP contribution in [0.15, 0.2) is 18.6 Å². The number of rotatable bonds is 5. The molecular weight excluding hydrogens is 275 g/mol. The highest BCUT2D eigenvalue weighted by Gasteiger charge is 2.36. The molecule has 0 aromatic carbocycles. The summed E-state index contributed by atoms with van der Waals surface area (Å²) in [5.74, 6) is 0. The summed E-state index contributed by atoms with van der Waals surface area (Å²) in [6.07, 6.45) is -0.0492. The number of anilines is 1. The van der Waals surface area contributed by atoms with E-state index in [4.69, 9.17) is 5.11 Å². The Kier molecular flexibility index (Phi) is 3.98. The number of alkyl halides is 3. The van der Waals surface area contributed by atoms with Gasteiger partial charge in [0.25, 0.3) is 0 Å². The largest absolute Gasteiger partial charge is 0.435 e. The topological polar surface area (TPSA) is 67.9 Å². The summed E-state index contributed by atoms with van der Waals surface area (Å²) >= 11 is 0. The molecule has 0 aliphatic heterocycles. The smallest absolute Gasteiger partial charge is 0.394 e. The molecule has 0 fully saturated rings. The summed E-state index contributed by atoms with van der Waals surface area (Å²) < 4.78 is 40.9. The molecule has 2 rings (SSSR count).